The Morgan fingerprint density at radius 1 is 0.875 bits per heavy atom. The zero-order valence-corrected chi connectivity index (χ0v) is 13.6. The molecule has 0 unspecified atom stereocenters. The normalized spacial score (nSPS) is 11.0. The van der Waals surface area contributed by atoms with Crippen LogP contribution in [-0.4, -0.2) is 35.3 Å². The topological polar surface area (TPSA) is 115 Å². The van der Waals surface area contributed by atoms with Gasteiger partial charge in [-0.2, -0.15) is 0 Å². The Bertz CT molecular complexity index is 918. The lowest BCUT2D eigenvalue weighted by atomic mass is 10.1. The van der Waals surface area contributed by atoms with Crippen molar-refractivity contribution in [2.24, 2.45) is 0 Å². The number of aliphatic hydroxyl groups excluding tert-OH is 1. The summed E-state index contributed by atoms with van der Waals surface area (Å²) in [4.78, 5) is 15.6. The highest BCUT2D eigenvalue weighted by Crippen LogP contribution is 2.37. The molecule has 0 bridgehead atoms. The van der Waals surface area contributed by atoms with Crippen LogP contribution in [0.3, 0.4) is 0 Å². The fraction of sp³-hybridized carbons (Fsp3) is 0.235. The molecular weight excluding hydrogens is 308 g/mol. The average Bonchev–Trinajstić information content (AvgIpc) is 3.03. The van der Waals surface area contributed by atoms with Crippen molar-refractivity contribution in [1.82, 2.24) is 19.9 Å². The predicted molar refractivity (Wildman–Crippen MR) is 88.5 cm³/mol. The maximum absolute atomic E-state index is 10.3. The molecule has 0 aromatic carbocycles. The van der Waals surface area contributed by atoms with Gasteiger partial charge in [0.2, 0.25) is 0 Å². The van der Waals surface area contributed by atoms with Crippen LogP contribution in [0.5, 0.6) is 11.5 Å². The molecule has 0 saturated carbocycles. The highest BCUT2D eigenvalue weighted by Gasteiger charge is 2.19. The number of hydrogen-bond donors (Lipinski definition) is 4. The molecule has 0 aliphatic carbocycles. The van der Waals surface area contributed by atoms with Crippen LogP contribution in [-0.2, 0) is 6.61 Å². The average molecular weight is 326 g/mol. The number of aryl methyl sites for hydroxylation is 3. The number of aromatic hydroxyl groups is 2. The zero-order chi connectivity index (χ0) is 17.4. The molecule has 24 heavy (non-hydrogen) atoms. The van der Waals surface area contributed by atoms with Crippen molar-refractivity contribution in [3.63, 3.8) is 0 Å². The Kier molecular flexibility index (Phi) is 3.94. The number of rotatable bonds is 3. The van der Waals surface area contributed by atoms with Gasteiger partial charge in [-0.05, 0) is 26.3 Å². The molecule has 3 rings (SSSR count). The number of H-pyrrole nitrogens is 1. The van der Waals surface area contributed by atoms with Crippen LogP contribution in [0.2, 0.25) is 0 Å². The highest BCUT2D eigenvalue weighted by molar-refractivity contribution is 5.75. The number of nitrogens with zero attached hydrogens (tertiary/aromatic N) is 3. The van der Waals surface area contributed by atoms with Crippen LogP contribution in [0.4, 0.5) is 0 Å². The second-order valence-corrected chi connectivity index (χ2v) is 5.65. The van der Waals surface area contributed by atoms with Crippen LogP contribution in [0, 0.1) is 20.8 Å². The third-order valence-electron chi connectivity index (χ3n) is 3.99. The number of aliphatic hydroxyl groups is 1. The quantitative estimate of drug-likeness (QED) is 0.587. The van der Waals surface area contributed by atoms with Crippen LogP contribution >= 0.6 is 0 Å². The Morgan fingerprint density at radius 2 is 1.50 bits per heavy atom. The third-order valence-corrected chi connectivity index (χ3v) is 3.99. The van der Waals surface area contributed by atoms with Gasteiger partial charge in [0.15, 0.2) is 0 Å². The molecule has 124 valence electrons. The lowest BCUT2D eigenvalue weighted by Gasteiger charge is -2.10. The summed E-state index contributed by atoms with van der Waals surface area (Å²) in [5, 5.41) is 30.1. The molecule has 3 heterocycles. The van der Waals surface area contributed by atoms with E-state index in [9.17, 15) is 15.3 Å². The first-order valence-electron chi connectivity index (χ1n) is 7.43. The summed E-state index contributed by atoms with van der Waals surface area (Å²) in [6.07, 6.45) is 4.74. The second-order valence-electron chi connectivity index (χ2n) is 5.65. The molecule has 0 saturated heterocycles. The zero-order valence-electron chi connectivity index (χ0n) is 13.6. The van der Waals surface area contributed by atoms with Crippen LogP contribution in [0.25, 0.3) is 22.6 Å². The van der Waals surface area contributed by atoms with E-state index in [1.807, 2.05) is 6.92 Å². The van der Waals surface area contributed by atoms with Gasteiger partial charge < -0.3 is 20.3 Å². The fourth-order valence-electron chi connectivity index (χ4n) is 2.62. The van der Waals surface area contributed by atoms with E-state index in [1.54, 1.807) is 26.2 Å². The summed E-state index contributed by atoms with van der Waals surface area (Å²) in [7, 11) is 0. The molecule has 0 aliphatic rings. The Hall–Kier alpha value is -2.93. The van der Waals surface area contributed by atoms with E-state index >= 15 is 0 Å². The van der Waals surface area contributed by atoms with Gasteiger partial charge >= 0.3 is 0 Å². The lowest BCUT2D eigenvalue weighted by molar-refractivity contribution is 0.281. The van der Waals surface area contributed by atoms with Gasteiger partial charge in [-0.25, -0.2) is 4.98 Å². The van der Waals surface area contributed by atoms with Crippen molar-refractivity contribution in [3.8, 4) is 34.1 Å². The van der Waals surface area contributed by atoms with Gasteiger partial charge in [0.05, 0.1) is 41.0 Å². The second kappa shape index (κ2) is 5.93. The summed E-state index contributed by atoms with van der Waals surface area (Å²) in [6.45, 7) is 4.96. The molecule has 0 fully saturated rings. The smallest absolute Gasteiger partial charge is 0.147 e. The number of hydrogen-bond acceptors (Lipinski definition) is 6. The number of aromatic nitrogens is 4. The van der Waals surface area contributed by atoms with Crippen molar-refractivity contribution in [2.75, 3.05) is 0 Å². The molecule has 3 aromatic heterocycles. The van der Waals surface area contributed by atoms with Crippen LogP contribution in [0.1, 0.15) is 22.5 Å². The number of aromatic amines is 1. The first-order chi connectivity index (χ1) is 11.4. The highest BCUT2D eigenvalue weighted by atomic mass is 16.3. The minimum Gasteiger partial charge on any atom is -0.505 e. The maximum atomic E-state index is 10.3. The van der Waals surface area contributed by atoms with Crippen molar-refractivity contribution in [2.45, 2.75) is 27.4 Å². The monoisotopic (exact) mass is 326 g/mol. The van der Waals surface area contributed by atoms with E-state index in [2.05, 4.69) is 19.9 Å². The Labute approximate surface area is 138 Å². The van der Waals surface area contributed by atoms with E-state index in [0.717, 1.165) is 5.56 Å². The fourth-order valence-corrected chi connectivity index (χ4v) is 2.62. The largest absolute Gasteiger partial charge is 0.505 e. The van der Waals surface area contributed by atoms with Gasteiger partial charge in [0, 0.05) is 18.0 Å². The van der Waals surface area contributed by atoms with E-state index in [4.69, 9.17) is 0 Å². The standard InChI is InChI=1S/C17H18N4O3/c1-8-4-18-9(2)15(23)13(8)17-20-6-12(21-17)14-11(7-22)5-19-10(3)16(14)24/h4-6,22-24H,7H2,1-3H3,(H,20,21). The summed E-state index contributed by atoms with van der Waals surface area (Å²) in [5.74, 6) is 0.514. The Balaban J connectivity index is 2.17. The minimum atomic E-state index is -0.261. The number of pyridine rings is 2. The van der Waals surface area contributed by atoms with Crippen LogP contribution in [0.15, 0.2) is 18.6 Å². The molecule has 0 atom stereocenters. The molecular formula is C17H18N4O3. The van der Waals surface area contributed by atoms with E-state index < -0.39 is 0 Å². The van der Waals surface area contributed by atoms with Gasteiger partial charge in [0.25, 0.3) is 0 Å². The number of imidazole rings is 1. The predicted octanol–water partition coefficient (Wildman–Crippen LogP) is 2.36. The van der Waals surface area contributed by atoms with Crippen molar-refractivity contribution in [3.05, 3.63) is 41.1 Å². The first kappa shape index (κ1) is 15.9. The van der Waals surface area contributed by atoms with E-state index in [1.165, 1.54) is 6.20 Å². The van der Waals surface area contributed by atoms with E-state index in [-0.39, 0.29) is 18.1 Å². The van der Waals surface area contributed by atoms with E-state index in [0.29, 0.717) is 39.6 Å². The first-order valence-corrected chi connectivity index (χ1v) is 7.43. The molecule has 3 aromatic rings. The minimum absolute atomic E-state index is 0.0106. The van der Waals surface area contributed by atoms with Crippen LogP contribution < -0.4 is 0 Å². The van der Waals surface area contributed by atoms with Gasteiger partial charge in [-0.1, -0.05) is 0 Å². The Morgan fingerprint density at radius 3 is 2.17 bits per heavy atom. The summed E-state index contributed by atoms with van der Waals surface area (Å²) >= 11 is 0. The van der Waals surface area contributed by atoms with Gasteiger partial charge in [-0.3, -0.25) is 9.97 Å². The molecule has 7 nitrogen and oxygen atoms in total. The molecule has 0 spiro atoms. The maximum Gasteiger partial charge on any atom is 0.147 e. The molecule has 0 radical (unpaired) electrons. The molecule has 7 heteroatoms. The van der Waals surface area contributed by atoms with Crippen molar-refractivity contribution in [1.29, 1.82) is 0 Å². The van der Waals surface area contributed by atoms with Gasteiger partial charge in [-0.15, -0.1) is 0 Å². The molecule has 0 aliphatic heterocycles. The molecule has 4 N–H and O–H groups in total. The summed E-state index contributed by atoms with van der Waals surface area (Å²) in [6, 6.07) is 0. The SMILES string of the molecule is Cc1cnc(C)c(O)c1-c1ncc(-c2c(CO)cnc(C)c2O)[nH]1. The molecule has 0 amide bonds. The third kappa shape index (κ3) is 2.48. The van der Waals surface area contributed by atoms with Gasteiger partial charge in [0.1, 0.15) is 17.3 Å². The van der Waals surface area contributed by atoms with Crippen molar-refractivity contribution >= 4 is 0 Å². The summed E-state index contributed by atoms with van der Waals surface area (Å²) in [5.41, 5.74) is 3.77. The lowest BCUT2D eigenvalue weighted by Crippen LogP contribution is -1.96. The van der Waals surface area contributed by atoms with Crippen molar-refractivity contribution < 1.29 is 15.3 Å². The summed E-state index contributed by atoms with van der Waals surface area (Å²) < 4.78 is 0. The number of nitrogens with one attached hydrogen (secondary N) is 1.